The second-order valence-corrected chi connectivity index (χ2v) is 5.33. The maximum Gasteiger partial charge on any atom is 0.337 e. The van der Waals surface area contributed by atoms with Gasteiger partial charge >= 0.3 is 5.97 Å². The minimum atomic E-state index is -0.299. The number of rotatable bonds is 3. The van der Waals surface area contributed by atoms with Crippen molar-refractivity contribution in [2.24, 2.45) is 5.92 Å². The number of aromatic amines is 1. The summed E-state index contributed by atoms with van der Waals surface area (Å²) in [6.45, 7) is 1.75. The number of benzene rings is 1. The lowest BCUT2D eigenvalue weighted by molar-refractivity contribution is 0.0600. The van der Waals surface area contributed by atoms with E-state index < -0.39 is 0 Å². The third kappa shape index (κ3) is 2.56. The Kier molecular flexibility index (Phi) is 3.74. The van der Waals surface area contributed by atoms with Gasteiger partial charge in [-0.1, -0.05) is 6.07 Å². The Balaban J connectivity index is 1.84. The van der Waals surface area contributed by atoms with E-state index in [2.05, 4.69) is 11.2 Å². The first-order chi connectivity index (χ1) is 9.78. The Hall–Kier alpha value is -1.81. The van der Waals surface area contributed by atoms with Crippen molar-refractivity contribution in [1.29, 1.82) is 0 Å². The molecular formula is C16H19NO3. The van der Waals surface area contributed by atoms with E-state index in [1.165, 1.54) is 18.1 Å². The van der Waals surface area contributed by atoms with E-state index in [0.717, 1.165) is 38.0 Å². The molecule has 1 aromatic heterocycles. The summed E-state index contributed by atoms with van der Waals surface area (Å²) in [6, 6.07) is 5.69. The normalized spacial score (nSPS) is 16.4. The van der Waals surface area contributed by atoms with E-state index in [1.54, 1.807) is 0 Å². The van der Waals surface area contributed by atoms with E-state index in [1.807, 2.05) is 18.2 Å². The summed E-state index contributed by atoms with van der Waals surface area (Å²) in [6.07, 6.45) is 5.39. The minimum Gasteiger partial charge on any atom is -0.465 e. The number of esters is 1. The number of aromatic nitrogens is 1. The Morgan fingerprint density at radius 2 is 2.20 bits per heavy atom. The minimum absolute atomic E-state index is 0.299. The molecule has 1 aromatic carbocycles. The van der Waals surface area contributed by atoms with Crippen LogP contribution in [-0.2, 0) is 15.9 Å². The molecule has 0 saturated carbocycles. The molecule has 1 N–H and O–H groups in total. The third-order valence-corrected chi connectivity index (χ3v) is 4.04. The first-order valence-electron chi connectivity index (χ1n) is 7.04. The van der Waals surface area contributed by atoms with Crippen LogP contribution in [0.1, 0.15) is 28.8 Å². The van der Waals surface area contributed by atoms with Crippen molar-refractivity contribution in [3.63, 3.8) is 0 Å². The van der Waals surface area contributed by atoms with E-state index in [9.17, 15) is 4.79 Å². The molecule has 2 aromatic rings. The summed E-state index contributed by atoms with van der Waals surface area (Å²) in [5, 5.41) is 1.20. The van der Waals surface area contributed by atoms with E-state index in [-0.39, 0.29) is 5.97 Å². The van der Waals surface area contributed by atoms with Crippen molar-refractivity contribution in [2.45, 2.75) is 19.3 Å². The molecule has 1 saturated heterocycles. The molecule has 0 spiro atoms. The van der Waals surface area contributed by atoms with Crippen LogP contribution in [-0.4, -0.2) is 31.3 Å². The number of hydrogen-bond donors (Lipinski definition) is 1. The maximum absolute atomic E-state index is 11.5. The lowest BCUT2D eigenvalue weighted by Gasteiger charge is -2.21. The van der Waals surface area contributed by atoms with Gasteiger partial charge in [-0.05, 0) is 42.9 Å². The van der Waals surface area contributed by atoms with Crippen LogP contribution in [0.25, 0.3) is 10.9 Å². The fraction of sp³-hybridized carbons (Fsp3) is 0.438. The van der Waals surface area contributed by atoms with E-state index in [4.69, 9.17) is 9.47 Å². The van der Waals surface area contributed by atoms with Crippen LogP contribution < -0.4 is 0 Å². The highest BCUT2D eigenvalue weighted by molar-refractivity contribution is 5.95. The summed E-state index contributed by atoms with van der Waals surface area (Å²) >= 11 is 0. The molecule has 3 rings (SSSR count). The summed E-state index contributed by atoms with van der Waals surface area (Å²) in [5.41, 5.74) is 2.90. The number of carbonyl (C=O) groups excluding carboxylic acids is 1. The number of H-pyrrole nitrogens is 1. The standard InChI is InChI=1S/C16H19NO3/c1-19-16(18)12-2-3-14-13(10-17-15(14)9-12)8-11-4-6-20-7-5-11/h2-3,9-11,17H,4-8H2,1H3. The van der Waals surface area contributed by atoms with Gasteiger partial charge in [0.15, 0.2) is 0 Å². The molecule has 1 fully saturated rings. The molecule has 4 heteroatoms. The van der Waals surface area contributed by atoms with Gasteiger partial charge in [-0.2, -0.15) is 0 Å². The highest BCUT2D eigenvalue weighted by Gasteiger charge is 2.16. The molecule has 0 bridgehead atoms. The van der Waals surface area contributed by atoms with Gasteiger partial charge in [0.1, 0.15) is 0 Å². The highest BCUT2D eigenvalue weighted by atomic mass is 16.5. The molecule has 1 aliphatic rings. The summed E-state index contributed by atoms with van der Waals surface area (Å²) in [5.74, 6) is 0.399. The fourth-order valence-corrected chi connectivity index (χ4v) is 2.86. The Labute approximate surface area is 118 Å². The van der Waals surface area contributed by atoms with Crippen molar-refractivity contribution >= 4 is 16.9 Å². The van der Waals surface area contributed by atoms with E-state index in [0.29, 0.717) is 11.5 Å². The first-order valence-corrected chi connectivity index (χ1v) is 7.04. The number of ether oxygens (including phenoxy) is 2. The van der Waals surface area contributed by atoms with Crippen LogP contribution in [0.5, 0.6) is 0 Å². The monoisotopic (exact) mass is 273 g/mol. The Morgan fingerprint density at radius 1 is 1.40 bits per heavy atom. The summed E-state index contributed by atoms with van der Waals surface area (Å²) in [4.78, 5) is 14.8. The van der Waals surface area contributed by atoms with Gasteiger partial charge < -0.3 is 14.5 Å². The van der Waals surface area contributed by atoms with Gasteiger partial charge in [-0.3, -0.25) is 0 Å². The zero-order chi connectivity index (χ0) is 13.9. The average molecular weight is 273 g/mol. The SMILES string of the molecule is COC(=O)c1ccc2c(CC3CCOCC3)c[nH]c2c1. The molecule has 106 valence electrons. The van der Waals surface area contributed by atoms with Crippen LogP contribution in [0, 0.1) is 5.92 Å². The van der Waals surface area contributed by atoms with Gasteiger partial charge in [0.25, 0.3) is 0 Å². The predicted molar refractivity (Wildman–Crippen MR) is 76.9 cm³/mol. The molecule has 0 amide bonds. The zero-order valence-corrected chi connectivity index (χ0v) is 11.6. The summed E-state index contributed by atoms with van der Waals surface area (Å²) < 4.78 is 10.1. The smallest absolute Gasteiger partial charge is 0.337 e. The number of carbonyl (C=O) groups is 1. The van der Waals surface area contributed by atoms with Crippen molar-refractivity contribution in [3.05, 3.63) is 35.5 Å². The fourth-order valence-electron chi connectivity index (χ4n) is 2.86. The van der Waals surface area contributed by atoms with Crippen molar-refractivity contribution in [2.75, 3.05) is 20.3 Å². The molecule has 4 nitrogen and oxygen atoms in total. The van der Waals surface area contributed by atoms with Gasteiger partial charge in [-0.15, -0.1) is 0 Å². The number of nitrogens with one attached hydrogen (secondary N) is 1. The molecule has 0 unspecified atom stereocenters. The molecular weight excluding hydrogens is 254 g/mol. The van der Waals surface area contributed by atoms with Gasteiger partial charge in [0.2, 0.25) is 0 Å². The van der Waals surface area contributed by atoms with E-state index >= 15 is 0 Å². The van der Waals surface area contributed by atoms with Crippen LogP contribution in [0.2, 0.25) is 0 Å². The van der Waals surface area contributed by atoms with Crippen LogP contribution >= 0.6 is 0 Å². The quantitative estimate of drug-likeness (QED) is 0.875. The second-order valence-electron chi connectivity index (χ2n) is 5.33. The van der Waals surface area contributed by atoms with Crippen molar-refractivity contribution in [1.82, 2.24) is 4.98 Å². The zero-order valence-electron chi connectivity index (χ0n) is 11.6. The lowest BCUT2D eigenvalue weighted by Crippen LogP contribution is -2.17. The largest absolute Gasteiger partial charge is 0.465 e. The topological polar surface area (TPSA) is 51.3 Å². The van der Waals surface area contributed by atoms with Crippen LogP contribution in [0.15, 0.2) is 24.4 Å². The second kappa shape index (κ2) is 5.67. The molecule has 20 heavy (non-hydrogen) atoms. The first kappa shape index (κ1) is 13.2. The molecule has 0 atom stereocenters. The number of methoxy groups -OCH3 is 1. The van der Waals surface area contributed by atoms with Gasteiger partial charge in [0.05, 0.1) is 12.7 Å². The number of fused-ring (bicyclic) bond motifs is 1. The van der Waals surface area contributed by atoms with Crippen LogP contribution in [0.3, 0.4) is 0 Å². The highest BCUT2D eigenvalue weighted by Crippen LogP contribution is 2.26. The molecule has 2 heterocycles. The van der Waals surface area contributed by atoms with Crippen LogP contribution in [0.4, 0.5) is 0 Å². The summed E-state index contributed by atoms with van der Waals surface area (Å²) in [7, 11) is 1.40. The van der Waals surface area contributed by atoms with Crippen molar-refractivity contribution in [3.8, 4) is 0 Å². The Bertz CT molecular complexity index is 611. The maximum atomic E-state index is 11.5. The molecule has 0 radical (unpaired) electrons. The molecule has 1 aliphatic heterocycles. The Morgan fingerprint density at radius 3 is 2.95 bits per heavy atom. The predicted octanol–water partition coefficient (Wildman–Crippen LogP) is 2.92. The van der Waals surface area contributed by atoms with Gasteiger partial charge in [0, 0.05) is 30.3 Å². The average Bonchev–Trinajstić information content (AvgIpc) is 2.90. The molecule has 0 aliphatic carbocycles. The van der Waals surface area contributed by atoms with Gasteiger partial charge in [-0.25, -0.2) is 4.79 Å². The van der Waals surface area contributed by atoms with Crippen molar-refractivity contribution < 1.29 is 14.3 Å². The third-order valence-electron chi connectivity index (χ3n) is 4.04. The number of hydrogen-bond acceptors (Lipinski definition) is 3. The lowest BCUT2D eigenvalue weighted by atomic mass is 9.92.